The molecule has 0 atom stereocenters. The van der Waals surface area contributed by atoms with Crippen LogP contribution in [-0.4, -0.2) is 30.8 Å². The molecule has 0 aromatic heterocycles. The summed E-state index contributed by atoms with van der Waals surface area (Å²) in [6.07, 6.45) is 2.22. The number of aliphatic hydroxyl groups excluding tert-OH is 1. The van der Waals surface area contributed by atoms with Crippen LogP contribution in [0.25, 0.3) is 0 Å². The zero-order valence-corrected chi connectivity index (χ0v) is 14.2. The van der Waals surface area contributed by atoms with E-state index in [-0.39, 0.29) is 6.61 Å². The van der Waals surface area contributed by atoms with E-state index in [1.165, 1.54) is 5.69 Å². The van der Waals surface area contributed by atoms with Gasteiger partial charge in [0.2, 0.25) is 0 Å². The molecule has 3 rings (SSSR count). The zero-order chi connectivity index (χ0) is 16.8. The van der Waals surface area contributed by atoms with E-state index in [1.54, 1.807) is 0 Å². The second-order valence-electron chi connectivity index (χ2n) is 6.15. The van der Waals surface area contributed by atoms with Crippen molar-refractivity contribution in [3.63, 3.8) is 0 Å². The van der Waals surface area contributed by atoms with Gasteiger partial charge in [-0.2, -0.15) is 0 Å². The number of hydrogen-bond acceptors (Lipinski definition) is 4. The molecule has 0 bridgehead atoms. The molecule has 0 amide bonds. The van der Waals surface area contributed by atoms with Crippen LogP contribution in [0.5, 0.6) is 5.75 Å². The fourth-order valence-corrected chi connectivity index (χ4v) is 3.25. The highest BCUT2D eigenvalue weighted by Gasteiger charge is 2.19. The Kier molecular flexibility index (Phi) is 5.59. The van der Waals surface area contributed by atoms with Crippen molar-refractivity contribution >= 4 is 11.4 Å². The summed E-state index contributed by atoms with van der Waals surface area (Å²) in [5.41, 5.74) is 3.20. The van der Waals surface area contributed by atoms with E-state index in [0.717, 1.165) is 42.9 Å². The summed E-state index contributed by atoms with van der Waals surface area (Å²) in [5, 5.41) is 13.1. The van der Waals surface area contributed by atoms with Crippen molar-refractivity contribution in [3.8, 4) is 5.75 Å². The van der Waals surface area contributed by atoms with E-state index in [4.69, 9.17) is 4.74 Å². The SMILES string of the molecule is CCOc1ccc(NC2CCN(c3ccccc3)CC2)cc1CO. The summed E-state index contributed by atoms with van der Waals surface area (Å²) >= 11 is 0. The molecule has 24 heavy (non-hydrogen) atoms. The third-order valence-corrected chi connectivity index (χ3v) is 4.52. The van der Waals surface area contributed by atoms with Gasteiger partial charge < -0.3 is 20.1 Å². The molecule has 2 N–H and O–H groups in total. The van der Waals surface area contributed by atoms with Crippen LogP contribution in [0.1, 0.15) is 25.3 Å². The molecule has 1 heterocycles. The first-order valence-electron chi connectivity index (χ1n) is 8.73. The predicted molar refractivity (Wildman–Crippen MR) is 98.8 cm³/mol. The number of hydrogen-bond donors (Lipinski definition) is 2. The fraction of sp³-hybridized carbons (Fsp3) is 0.400. The molecule has 1 fully saturated rings. The van der Waals surface area contributed by atoms with Gasteiger partial charge in [0, 0.05) is 36.1 Å². The maximum atomic E-state index is 9.52. The molecule has 1 aliphatic rings. The Morgan fingerprint density at radius 1 is 1.12 bits per heavy atom. The van der Waals surface area contributed by atoms with Crippen LogP contribution in [0.4, 0.5) is 11.4 Å². The van der Waals surface area contributed by atoms with E-state index in [2.05, 4.69) is 40.5 Å². The molecule has 1 saturated heterocycles. The highest BCUT2D eigenvalue weighted by Crippen LogP contribution is 2.26. The lowest BCUT2D eigenvalue weighted by molar-refractivity contribution is 0.267. The number of ether oxygens (including phenoxy) is 1. The molecular formula is C20H26N2O2. The molecular weight excluding hydrogens is 300 g/mol. The molecule has 1 aliphatic heterocycles. The summed E-state index contributed by atoms with van der Waals surface area (Å²) in [4.78, 5) is 2.44. The number of nitrogens with zero attached hydrogens (tertiary/aromatic N) is 1. The average molecular weight is 326 g/mol. The van der Waals surface area contributed by atoms with E-state index >= 15 is 0 Å². The number of rotatable bonds is 6. The van der Waals surface area contributed by atoms with Gasteiger partial charge in [0.15, 0.2) is 0 Å². The molecule has 4 heteroatoms. The van der Waals surface area contributed by atoms with Crippen molar-refractivity contribution in [1.29, 1.82) is 0 Å². The third-order valence-electron chi connectivity index (χ3n) is 4.52. The quantitative estimate of drug-likeness (QED) is 0.850. The predicted octanol–water partition coefficient (Wildman–Crippen LogP) is 3.66. The lowest BCUT2D eigenvalue weighted by Crippen LogP contribution is -2.39. The van der Waals surface area contributed by atoms with E-state index in [1.807, 2.05) is 25.1 Å². The Morgan fingerprint density at radius 3 is 2.54 bits per heavy atom. The van der Waals surface area contributed by atoms with Crippen molar-refractivity contribution in [1.82, 2.24) is 0 Å². The molecule has 2 aromatic rings. The van der Waals surface area contributed by atoms with Crippen molar-refractivity contribution in [2.45, 2.75) is 32.4 Å². The molecule has 0 spiro atoms. The average Bonchev–Trinajstić information content (AvgIpc) is 2.64. The van der Waals surface area contributed by atoms with Crippen LogP contribution in [0.2, 0.25) is 0 Å². The van der Waals surface area contributed by atoms with Crippen molar-refractivity contribution < 1.29 is 9.84 Å². The van der Waals surface area contributed by atoms with E-state index in [0.29, 0.717) is 12.6 Å². The molecule has 0 radical (unpaired) electrons. The van der Waals surface area contributed by atoms with Crippen LogP contribution in [0.3, 0.4) is 0 Å². The normalized spacial score (nSPS) is 15.3. The zero-order valence-electron chi connectivity index (χ0n) is 14.2. The van der Waals surface area contributed by atoms with Gasteiger partial charge in [0.1, 0.15) is 5.75 Å². The van der Waals surface area contributed by atoms with Gasteiger partial charge in [-0.15, -0.1) is 0 Å². The first kappa shape index (κ1) is 16.7. The number of piperidine rings is 1. The van der Waals surface area contributed by atoms with Gasteiger partial charge in [-0.3, -0.25) is 0 Å². The molecule has 0 saturated carbocycles. The monoisotopic (exact) mass is 326 g/mol. The van der Waals surface area contributed by atoms with Gasteiger partial charge >= 0.3 is 0 Å². The molecule has 2 aromatic carbocycles. The number of nitrogens with one attached hydrogen (secondary N) is 1. The van der Waals surface area contributed by atoms with Crippen LogP contribution in [0.15, 0.2) is 48.5 Å². The summed E-state index contributed by atoms with van der Waals surface area (Å²) in [5.74, 6) is 0.768. The fourth-order valence-electron chi connectivity index (χ4n) is 3.25. The van der Waals surface area contributed by atoms with Gasteiger partial charge in [0.05, 0.1) is 13.2 Å². The Labute approximate surface area is 144 Å². The number of anilines is 2. The second kappa shape index (κ2) is 8.06. The number of para-hydroxylation sites is 1. The van der Waals surface area contributed by atoms with E-state index in [9.17, 15) is 5.11 Å². The molecule has 128 valence electrons. The summed E-state index contributed by atoms with van der Waals surface area (Å²) in [6, 6.07) is 17.0. The first-order valence-corrected chi connectivity index (χ1v) is 8.73. The molecule has 4 nitrogen and oxygen atoms in total. The number of aliphatic hydroxyl groups is 1. The van der Waals surface area contributed by atoms with Crippen LogP contribution < -0.4 is 15.0 Å². The minimum Gasteiger partial charge on any atom is -0.494 e. The van der Waals surface area contributed by atoms with Crippen molar-refractivity contribution in [2.75, 3.05) is 29.9 Å². The van der Waals surface area contributed by atoms with E-state index < -0.39 is 0 Å². The lowest BCUT2D eigenvalue weighted by atomic mass is 10.0. The Balaban J connectivity index is 1.58. The van der Waals surface area contributed by atoms with Crippen LogP contribution in [-0.2, 0) is 6.61 Å². The van der Waals surface area contributed by atoms with Crippen LogP contribution in [0, 0.1) is 0 Å². The third kappa shape index (κ3) is 4.01. The smallest absolute Gasteiger partial charge is 0.124 e. The summed E-state index contributed by atoms with van der Waals surface area (Å²) in [6.45, 7) is 4.68. The minimum absolute atomic E-state index is 0.00267. The summed E-state index contributed by atoms with van der Waals surface area (Å²) < 4.78 is 5.54. The largest absolute Gasteiger partial charge is 0.494 e. The highest BCUT2D eigenvalue weighted by atomic mass is 16.5. The maximum absolute atomic E-state index is 9.52. The topological polar surface area (TPSA) is 44.7 Å². The molecule has 0 unspecified atom stereocenters. The maximum Gasteiger partial charge on any atom is 0.124 e. The van der Waals surface area contributed by atoms with Gasteiger partial charge in [-0.1, -0.05) is 18.2 Å². The first-order chi connectivity index (χ1) is 11.8. The van der Waals surface area contributed by atoms with Gasteiger partial charge in [-0.05, 0) is 50.1 Å². The van der Waals surface area contributed by atoms with Crippen molar-refractivity contribution in [3.05, 3.63) is 54.1 Å². The minimum atomic E-state index is -0.00267. The van der Waals surface area contributed by atoms with Gasteiger partial charge in [-0.25, -0.2) is 0 Å². The Bertz CT molecular complexity index is 637. The highest BCUT2D eigenvalue weighted by molar-refractivity contribution is 5.52. The standard InChI is InChI=1S/C20H26N2O2/c1-2-24-20-9-8-18(14-16(20)15-23)21-17-10-12-22(13-11-17)19-6-4-3-5-7-19/h3-9,14,17,21,23H,2,10-13,15H2,1H3. The number of benzene rings is 2. The van der Waals surface area contributed by atoms with Crippen molar-refractivity contribution in [2.24, 2.45) is 0 Å². The lowest BCUT2D eigenvalue weighted by Gasteiger charge is -2.34. The second-order valence-corrected chi connectivity index (χ2v) is 6.15. The van der Waals surface area contributed by atoms with Gasteiger partial charge in [0.25, 0.3) is 0 Å². The van der Waals surface area contributed by atoms with Crippen LogP contribution >= 0.6 is 0 Å². The Morgan fingerprint density at radius 2 is 1.88 bits per heavy atom. The molecule has 0 aliphatic carbocycles. The summed E-state index contributed by atoms with van der Waals surface area (Å²) in [7, 11) is 0. The Hall–Kier alpha value is -2.20.